The van der Waals surface area contributed by atoms with Crippen LogP contribution in [0.3, 0.4) is 0 Å². The van der Waals surface area contributed by atoms with E-state index >= 15 is 0 Å². The molecule has 82 valence electrons. The van der Waals surface area contributed by atoms with Gasteiger partial charge in [0.05, 0.1) is 11.9 Å². The molecule has 3 nitrogen and oxygen atoms in total. The number of hydrogen-bond donors (Lipinski definition) is 1. The van der Waals surface area contributed by atoms with Gasteiger partial charge in [0, 0.05) is 12.4 Å². The summed E-state index contributed by atoms with van der Waals surface area (Å²) in [5.74, 6) is -0.282. The van der Waals surface area contributed by atoms with Crippen molar-refractivity contribution in [1.29, 1.82) is 0 Å². The molecule has 16 heavy (non-hydrogen) atoms. The Morgan fingerprint density at radius 3 is 2.75 bits per heavy atom. The zero-order chi connectivity index (χ0) is 11.5. The molecule has 0 radical (unpaired) electrons. The van der Waals surface area contributed by atoms with Crippen molar-refractivity contribution in [1.82, 2.24) is 9.97 Å². The topological polar surface area (TPSA) is 46.0 Å². The van der Waals surface area contributed by atoms with E-state index < -0.39 is 6.10 Å². The summed E-state index contributed by atoms with van der Waals surface area (Å²) in [5.41, 5.74) is 1.56. The average molecular weight is 218 g/mol. The molecule has 0 aliphatic carbocycles. The fourth-order valence-corrected chi connectivity index (χ4v) is 1.46. The summed E-state index contributed by atoms with van der Waals surface area (Å²) < 4.78 is 13.1. The highest BCUT2D eigenvalue weighted by molar-refractivity contribution is 5.29. The van der Waals surface area contributed by atoms with Gasteiger partial charge in [0.1, 0.15) is 11.9 Å². The fourth-order valence-electron chi connectivity index (χ4n) is 1.46. The molecule has 0 bridgehead atoms. The van der Waals surface area contributed by atoms with Crippen molar-refractivity contribution >= 4 is 0 Å². The maximum Gasteiger partial charge on any atom is 0.126 e. The van der Waals surface area contributed by atoms with Crippen molar-refractivity contribution in [2.45, 2.75) is 13.0 Å². The van der Waals surface area contributed by atoms with Crippen LogP contribution in [0.15, 0.2) is 36.8 Å². The number of halogens is 1. The summed E-state index contributed by atoms with van der Waals surface area (Å²) in [4.78, 5) is 7.88. The predicted octanol–water partition coefficient (Wildman–Crippen LogP) is 2.01. The quantitative estimate of drug-likeness (QED) is 0.838. The molecule has 0 aliphatic heterocycles. The first-order chi connectivity index (χ1) is 7.68. The van der Waals surface area contributed by atoms with Crippen molar-refractivity contribution in [2.24, 2.45) is 0 Å². The minimum Gasteiger partial charge on any atom is -0.382 e. The Hall–Kier alpha value is -1.81. The van der Waals surface area contributed by atoms with E-state index in [4.69, 9.17) is 0 Å². The lowest BCUT2D eigenvalue weighted by molar-refractivity contribution is 0.214. The standard InChI is InChI=1S/C12H11FN2O/c1-8-6-9(2-3-10(8)13)12(16)11-7-14-4-5-15-11/h2-7,12,16H,1H3. The monoisotopic (exact) mass is 218 g/mol. The lowest BCUT2D eigenvalue weighted by Gasteiger charge is -2.10. The number of aliphatic hydroxyl groups is 1. The highest BCUT2D eigenvalue weighted by atomic mass is 19.1. The molecule has 1 unspecified atom stereocenters. The van der Waals surface area contributed by atoms with E-state index in [-0.39, 0.29) is 5.82 Å². The van der Waals surface area contributed by atoms with Gasteiger partial charge >= 0.3 is 0 Å². The van der Waals surface area contributed by atoms with E-state index in [9.17, 15) is 9.50 Å². The number of rotatable bonds is 2. The molecule has 2 rings (SSSR count). The van der Waals surface area contributed by atoms with Crippen molar-refractivity contribution in [3.05, 3.63) is 59.4 Å². The minimum atomic E-state index is -0.868. The molecule has 2 aromatic rings. The lowest BCUT2D eigenvalue weighted by atomic mass is 10.0. The fraction of sp³-hybridized carbons (Fsp3) is 0.167. The second-order valence-corrected chi connectivity index (χ2v) is 3.54. The van der Waals surface area contributed by atoms with Crippen molar-refractivity contribution in [2.75, 3.05) is 0 Å². The molecule has 1 aromatic carbocycles. The zero-order valence-electron chi connectivity index (χ0n) is 8.76. The van der Waals surface area contributed by atoms with Gasteiger partial charge in [0.15, 0.2) is 0 Å². The maximum absolute atomic E-state index is 13.1. The molecule has 0 aliphatic rings. The first-order valence-electron chi connectivity index (χ1n) is 4.88. The van der Waals surface area contributed by atoms with Crippen LogP contribution in [0, 0.1) is 12.7 Å². The largest absolute Gasteiger partial charge is 0.382 e. The van der Waals surface area contributed by atoms with Gasteiger partial charge in [0.2, 0.25) is 0 Å². The summed E-state index contributed by atoms with van der Waals surface area (Å²) in [7, 11) is 0. The summed E-state index contributed by atoms with van der Waals surface area (Å²) in [6, 6.07) is 4.49. The van der Waals surface area contributed by atoms with Crippen LogP contribution < -0.4 is 0 Å². The van der Waals surface area contributed by atoms with Gasteiger partial charge in [-0.1, -0.05) is 12.1 Å². The summed E-state index contributed by atoms with van der Waals surface area (Å²) in [5, 5.41) is 9.98. The van der Waals surface area contributed by atoms with E-state index in [1.54, 1.807) is 19.1 Å². The van der Waals surface area contributed by atoms with Gasteiger partial charge in [-0.05, 0) is 24.1 Å². The number of benzene rings is 1. The molecule has 0 saturated carbocycles. The molecule has 0 fully saturated rings. The highest BCUT2D eigenvalue weighted by Crippen LogP contribution is 2.21. The molecule has 4 heteroatoms. The van der Waals surface area contributed by atoms with E-state index in [1.165, 1.54) is 24.7 Å². The van der Waals surface area contributed by atoms with Gasteiger partial charge in [-0.2, -0.15) is 0 Å². The zero-order valence-corrected chi connectivity index (χ0v) is 8.76. The molecular weight excluding hydrogens is 207 g/mol. The van der Waals surface area contributed by atoms with Crippen LogP contribution in [0.4, 0.5) is 4.39 Å². The molecule has 1 aromatic heterocycles. The Morgan fingerprint density at radius 1 is 1.31 bits per heavy atom. The Morgan fingerprint density at radius 2 is 2.12 bits per heavy atom. The maximum atomic E-state index is 13.1. The van der Waals surface area contributed by atoms with E-state index in [0.29, 0.717) is 16.8 Å². The number of nitrogens with zero attached hydrogens (tertiary/aromatic N) is 2. The van der Waals surface area contributed by atoms with Crippen LogP contribution in [0.1, 0.15) is 22.9 Å². The van der Waals surface area contributed by atoms with Gasteiger partial charge in [-0.15, -0.1) is 0 Å². The van der Waals surface area contributed by atoms with Crippen LogP contribution in [0.2, 0.25) is 0 Å². The third kappa shape index (κ3) is 2.06. The third-order valence-electron chi connectivity index (χ3n) is 2.36. The second kappa shape index (κ2) is 4.37. The molecule has 0 amide bonds. The average Bonchev–Trinajstić information content (AvgIpc) is 2.33. The summed E-state index contributed by atoms with van der Waals surface area (Å²) >= 11 is 0. The van der Waals surface area contributed by atoms with Gasteiger partial charge < -0.3 is 5.11 Å². The third-order valence-corrected chi connectivity index (χ3v) is 2.36. The van der Waals surface area contributed by atoms with E-state index in [0.717, 1.165) is 0 Å². The lowest BCUT2D eigenvalue weighted by Crippen LogP contribution is -2.03. The predicted molar refractivity (Wildman–Crippen MR) is 57.2 cm³/mol. The number of aromatic nitrogens is 2. The van der Waals surface area contributed by atoms with Crippen molar-refractivity contribution in [3.8, 4) is 0 Å². The molecule has 1 N–H and O–H groups in total. The number of hydrogen-bond acceptors (Lipinski definition) is 3. The van der Waals surface area contributed by atoms with Crippen LogP contribution in [-0.4, -0.2) is 15.1 Å². The van der Waals surface area contributed by atoms with Gasteiger partial charge in [0.25, 0.3) is 0 Å². The van der Waals surface area contributed by atoms with Crippen LogP contribution >= 0.6 is 0 Å². The smallest absolute Gasteiger partial charge is 0.126 e. The molecule has 0 saturated heterocycles. The summed E-state index contributed by atoms with van der Waals surface area (Å²) in [6.07, 6.45) is 3.66. The second-order valence-electron chi connectivity index (χ2n) is 3.54. The molecule has 1 heterocycles. The Labute approximate surface area is 92.6 Å². The SMILES string of the molecule is Cc1cc(C(O)c2cnccn2)ccc1F. The highest BCUT2D eigenvalue weighted by Gasteiger charge is 2.12. The summed E-state index contributed by atoms with van der Waals surface area (Å²) in [6.45, 7) is 1.65. The van der Waals surface area contributed by atoms with E-state index in [1.807, 2.05) is 0 Å². The minimum absolute atomic E-state index is 0.282. The van der Waals surface area contributed by atoms with Crippen LogP contribution in [-0.2, 0) is 0 Å². The number of aliphatic hydroxyl groups excluding tert-OH is 1. The Balaban J connectivity index is 2.34. The first kappa shape index (κ1) is 10.7. The van der Waals surface area contributed by atoms with Crippen LogP contribution in [0.5, 0.6) is 0 Å². The van der Waals surface area contributed by atoms with Crippen LogP contribution in [0.25, 0.3) is 0 Å². The normalized spacial score (nSPS) is 12.4. The first-order valence-corrected chi connectivity index (χ1v) is 4.88. The van der Waals surface area contributed by atoms with Gasteiger partial charge in [-0.25, -0.2) is 4.39 Å². The van der Waals surface area contributed by atoms with Crippen molar-refractivity contribution in [3.63, 3.8) is 0 Å². The molecule has 1 atom stereocenters. The van der Waals surface area contributed by atoms with Gasteiger partial charge in [-0.3, -0.25) is 9.97 Å². The Bertz CT molecular complexity index is 488. The Kier molecular flexibility index (Phi) is 2.92. The molecular formula is C12H11FN2O. The van der Waals surface area contributed by atoms with E-state index in [2.05, 4.69) is 9.97 Å². The van der Waals surface area contributed by atoms with Crippen molar-refractivity contribution < 1.29 is 9.50 Å². The number of aryl methyl sites for hydroxylation is 1. The molecule has 0 spiro atoms.